The van der Waals surface area contributed by atoms with Crippen LogP contribution in [0.1, 0.15) is 17.9 Å². The van der Waals surface area contributed by atoms with E-state index in [1.165, 1.54) is 11.8 Å². The molecule has 2 heterocycles. The second-order valence-electron chi connectivity index (χ2n) is 5.15. The van der Waals surface area contributed by atoms with E-state index in [-0.39, 0.29) is 24.8 Å². The van der Waals surface area contributed by atoms with Crippen molar-refractivity contribution in [2.75, 3.05) is 5.32 Å². The van der Waals surface area contributed by atoms with Crippen LogP contribution in [0.4, 0.5) is 5.69 Å². The van der Waals surface area contributed by atoms with Crippen molar-refractivity contribution < 1.29 is 14.1 Å². The summed E-state index contributed by atoms with van der Waals surface area (Å²) in [6.07, 6.45) is 0.0890. The smallest absolute Gasteiger partial charge is 0.238 e. The maximum atomic E-state index is 12.1. The van der Waals surface area contributed by atoms with Gasteiger partial charge < -0.3 is 15.2 Å². The molecule has 0 fully saturated rings. The average molecular weight is 352 g/mol. The van der Waals surface area contributed by atoms with Gasteiger partial charge in [0.05, 0.1) is 23.2 Å². The van der Waals surface area contributed by atoms with Crippen molar-refractivity contribution >= 4 is 40.9 Å². The van der Waals surface area contributed by atoms with Gasteiger partial charge in [-0.15, -0.1) is 11.8 Å². The predicted molar refractivity (Wildman–Crippen MR) is 87.4 cm³/mol. The second kappa shape index (κ2) is 6.64. The molecule has 23 heavy (non-hydrogen) atoms. The summed E-state index contributed by atoms with van der Waals surface area (Å²) >= 11 is 7.27. The van der Waals surface area contributed by atoms with E-state index in [0.29, 0.717) is 16.5 Å². The maximum Gasteiger partial charge on any atom is 0.238 e. The number of hydrogen-bond donors (Lipinski definition) is 2. The van der Waals surface area contributed by atoms with E-state index in [2.05, 4.69) is 15.8 Å². The highest BCUT2D eigenvalue weighted by Gasteiger charge is 2.29. The van der Waals surface area contributed by atoms with Crippen molar-refractivity contribution in [3.05, 3.63) is 40.7 Å². The summed E-state index contributed by atoms with van der Waals surface area (Å²) in [5.74, 6) is 0.163. The van der Waals surface area contributed by atoms with Crippen molar-refractivity contribution in [2.45, 2.75) is 30.0 Å². The summed E-state index contributed by atoms with van der Waals surface area (Å²) in [7, 11) is 0. The molecule has 0 spiro atoms. The molecule has 0 aliphatic carbocycles. The molecular formula is C15H14ClN3O3S. The van der Waals surface area contributed by atoms with Crippen LogP contribution in [0.2, 0.25) is 5.02 Å². The van der Waals surface area contributed by atoms with Crippen molar-refractivity contribution in [1.82, 2.24) is 10.5 Å². The van der Waals surface area contributed by atoms with Gasteiger partial charge in [0.25, 0.3) is 0 Å². The van der Waals surface area contributed by atoms with E-state index in [0.717, 1.165) is 10.6 Å². The van der Waals surface area contributed by atoms with Gasteiger partial charge in [-0.3, -0.25) is 9.59 Å². The number of fused-ring (bicyclic) bond motifs is 1. The van der Waals surface area contributed by atoms with Crippen LogP contribution in [0.5, 0.6) is 0 Å². The summed E-state index contributed by atoms with van der Waals surface area (Å²) < 4.78 is 5.02. The number of hydrogen-bond acceptors (Lipinski definition) is 5. The Morgan fingerprint density at radius 1 is 1.48 bits per heavy atom. The Morgan fingerprint density at radius 3 is 3.04 bits per heavy atom. The number of nitrogens with zero attached hydrogens (tertiary/aromatic N) is 1. The Bertz CT molecular complexity index is 762. The quantitative estimate of drug-likeness (QED) is 0.884. The standard InChI is InChI=1S/C15H14ClN3O3S/c1-8-4-10(22-19-8)7-17-14(20)6-13-15(21)18-11-5-9(16)2-3-12(11)23-13/h2-5,13H,6-7H2,1H3,(H,17,20)(H,18,21). The zero-order valence-electron chi connectivity index (χ0n) is 12.3. The minimum absolute atomic E-state index is 0.0890. The lowest BCUT2D eigenvalue weighted by atomic mass is 10.2. The number of amides is 2. The van der Waals surface area contributed by atoms with Gasteiger partial charge in [0, 0.05) is 22.4 Å². The third-order valence-electron chi connectivity index (χ3n) is 3.27. The van der Waals surface area contributed by atoms with Crippen molar-refractivity contribution in [2.24, 2.45) is 0 Å². The van der Waals surface area contributed by atoms with E-state index in [1.54, 1.807) is 18.2 Å². The molecule has 0 bridgehead atoms. The highest BCUT2D eigenvalue weighted by Crippen LogP contribution is 2.38. The van der Waals surface area contributed by atoms with Gasteiger partial charge in [0.1, 0.15) is 0 Å². The first-order valence-electron chi connectivity index (χ1n) is 6.97. The minimum Gasteiger partial charge on any atom is -0.359 e. The highest BCUT2D eigenvalue weighted by molar-refractivity contribution is 8.01. The second-order valence-corrected chi connectivity index (χ2v) is 6.83. The first-order chi connectivity index (χ1) is 11.0. The number of halogens is 1. The molecule has 6 nitrogen and oxygen atoms in total. The Labute approximate surface area is 141 Å². The van der Waals surface area contributed by atoms with Gasteiger partial charge in [-0.2, -0.15) is 0 Å². The van der Waals surface area contributed by atoms with Crippen LogP contribution in [0.25, 0.3) is 0 Å². The van der Waals surface area contributed by atoms with Crippen LogP contribution in [-0.4, -0.2) is 22.2 Å². The molecule has 0 saturated carbocycles. The third-order valence-corrected chi connectivity index (χ3v) is 4.78. The maximum absolute atomic E-state index is 12.1. The van der Waals surface area contributed by atoms with Crippen LogP contribution < -0.4 is 10.6 Å². The predicted octanol–water partition coefficient (Wildman–Crippen LogP) is 2.76. The number of aryl methyl sites for hydroxylation is 1. The molecule has 1 aromatic heterocycles. The Balaban J connectivity index is 1.58. The molecule has 1 atom stereocenters. The lowest BCUT2D eigenvalue weighted by Gasteiger charge is -2.23. The van der Waals surface area contributed by atoms with Crippen LogP contribution in [0.15, 0.2) is 33.7 Å². The summed E-state index contributed by atoms with van der Waals surface area (Å²) in [6.45, 7) is 2.06. The molecule has 0 saturated heterocycles. The van der Waals surface area contributed by atoms with Crippen molar-refractivity contribution in [1.29, 1.82) is 0 Å². The van der Waals surface area contributed by atoms with Gasteiger partial charge >= 0.3 is 0 Å². The number of thioether (sulfide) groups is 1. The topological polar surface area (TPSA) is 84.2 Å². The van der Waals surface area contributed by atoms with E-state index < -0.39 is 5.25 Å². The zero-order chi connectivity index (χ0) is 16.4. The van der Waals surface area contributed by atoms with Crippen LogP contribution in [0.3, 0.4) is 0 Å². The summed E-state index contributed by atoms with van der Waals surface area (Å²) in [4.78, 5) is 25.0. The molecule has 0 radical (unpaired) electrons. The van der Waals surface area contributed by atoms with Crippen molar-refractivity contribution in [3.8, 4) is 0 Å². The number of benzene rings is 1. The average Bonchev–Trinajstić information content (AvgIpc) is 2.92. The fraction of sp³-hybridized carbons (Fsp3) is 0.267. The highest BCUT2D eigenvalue weighted by atomic mass is 35.5. The third kappa shape index (κ3) is 3.86. The van der Waals surface area contributed by atoms with E-state index >= 15 is 0 Å². The fourth-order valence-corrected chi connectivity index (χ4v) is 3.45. The zero-order valence-corrected chi connectivity index (χ0v) is 13.8. The van der Waals surface area contributed by atoms with Gasteiger partial charge in [-0.05, 0) is 25.1 Å². The Kier molecular flexibility index (Phi) is 4.58. The molecule has 2 aromatic rings. The first kappa shape index (κ1) is 15.9. The number of aromatic nitrogens is 1. The lowest BCUT2D eigenvalue weighted by molar-refractivity contribution is -0.124. The van der Waals surface area contributed by atoms with Crippen molar-refractivity contribution in [3.63, 3.8) is 0 Å². The SMILES string of the molecule is Cc1cc(CNC(=O)CC2Sc3ccc(Cl)cc3NC2=O)on1. The van der Waals surface area contributed by atoms with Gasteiger partial charge in [0.15, 0.2) is 5.76 Å². The number of anilines is 1. The molecule has 8 heteroatoms. The molecule has 3 rings (SSSR count). The first-order valence-corrected chi connectivity index (χ1v) is 8.23. The molecule has 2 N–H and O–H groups in total. The number of carbonyl (C=O) groups is 2. The number of carbonyl (C=O) groups excluding carboxylic acids is 2. The monoisotopic (exact) mass is 351 g/mol. The summed E-state index contributed by atoms with van der Waals surface area (Å²) in [5, 5.41) is 9.34. The normalized spacial score (nSPS) is 16.6. The van der Waals surface area contributed by atoms with Gasteiger partial charge in [-0.25, -0.2) is 0 Å². The molecular weight excluding hydrogens is 338 g/mol. The summed E-state index contributed by atoms with van der Waals surface area (Å²) in [5.41, 5.74) is 1.44. The fourth-order valence-electron chi connectivity index (χ4n) is 2.18. The minimum atomic E-state index is -0.472. The molecule has 2 amide bonds. The van der Waals surface area contributed by atoms with Gasteiger partial charge in [0.2, 0.25) is 11.8 Å². The Morgan fingerprint density at radius 2 is 2.30 bits per heavy atom. The van der Waals surface area contributed by atoms with E-state index in [4.69, 9.17) is 16.1 Å². The molecule has 120 valence electrons. The molecule has 1 aliphatic heterocycles. The number of rotatable bonds is 4. The van der Waals surface area contributed by atoms with Gasteiger partial charge in [-0.1, -0.05) is 16.8 Å². The van der Waals surface area contributed by atoms with Crippen LogP contribution in [0, 0.1) is 6.92 Å². The van der Waals surface area contributed by atoms with Crippen LogP contribution in [-0.2, 0) is 16.1 Å². The van der Waals surface area contributed by atoms with E-state index in [1.807, 2.05) is 13.0 Å². The lowest BCUT2D eigenvalue weighted by Crippen LogP contribution is -2.34. The largest absolute Gasteiger partial charge is 0.359 e. The van der Waals surface area contributed by atoms with E-state index in [9.17, 15) is 9.59 Å². The molecule has 1 aliphatic rings. The molecule has 1 aromatic carbocycles. The number of nitrogens with one attached hydrogen (secondary N) is 2. The van der Waals surface area contributed by atoms with Crippen LogP contribution >= 0.6 is 23.4 Å². The summed E-state index contributed by atoms with van der Waals surface area (Å²) in [6, 6.07) is 7.05. The molecule has 1 unspecified atom stereocenters. The Hall–Kier alpha value is -1.99.